The quantitative estimate of drug-likeness (QED) is 0.720. The van der Waals surface area contributed by atoms with Gasteiger partial charge in [-0.2, -0.15) is 0 Å². The van der Waals surface area contributed by atoms with Crippen molar-refractivity contribution in [2.75, 3.05) is 6.61 Å². The van der Waals surface area contributed by atoms with Crippen LogP contribution < -0.4 is 10.3 Å². The lowest BCUT2D eigenvalue weighted by Gasteiger charge is -2.15. The molecular formula is C20H19NO2S. The summed E-state index contributed by atoms with van der Waals surface area (Å²) in [5.74, 6) is 1.54. The highest BCUT2D eigenvalue weighted by Crippen LogP contribution is 2.37. The lowest BCUT2D eigenvalue weighted by Crippen LogP contribution is -2.16. The van der Waals surface area contributed by atoms with Gasteiger partial charge in [-0.25, -0.2) is 0 Å². The van der Waals surface area contributed by atoms with Crippen LogP contribution in [-0.2, 0) is 7.05 Å². The summed E-state index contributed by atoms with van der Waals surface area (Å²) in [6.07, 6.45) is 4.39. The number of thiol groups is 1. The van der Waals surface area contributed by atoms with Gasteiger partial charge in [0.25, 0.3) is 5.56 Å². The SMILES string of the molecule is Cn1cc(-c2cc(S)ccc2OCC2CC2)c2ccccc2c1=O. The second kappa shape index (κ2) is 6.02. The van der Waals surface area contributed by atoms with E-state index >= 15 is 0 Å². The summed E-state index contributed by atoms with van der Waals surface area (Å²) < 4.78 is 7.70. The Labute approximate surface area is 146 Å². The van der Waals surface area contributed by atoms with Crippen molar-refractivity contribution in [3.05, 3.63) is 59.0 Å². The van der Waals surface area contributed by atoms with Crippen molar-refractivity contribution in [2.24, 2.45) is 13.0 Å². The highest BCUT2D eigenvalue weighted by atomic mass is 32.1. The Morgan fingerprint density at radius 2 is 1.88 bits per heavy atom. The molecule has 0 unspecified atom stereocenters. The summed E-state index contributed by atoms with van der Waals surface area (Å²) in [6.45, 7) is 0.753. The molecule has 24 heavy (non-hydrogen) atoms. The molecule has 4 heteroatoms. The van der Waals surface area contributed by atoms with Crippen LogP contribution in [0.5, 0.6) is 5.75 Å². The molecule has 1 fully saturated rings. The molecule has 1 aliphatic carbocycles. The van der Waals surface area contributed by atoms with Gasteiger partial charge in [0.2, 0.25) is 0 Å². The smallest absolute Gasteiger partial charge is 0.258 e. The first-order chi connectivity index (χ1) is 11.6. The van der Waals surface area contributed by atoms with Gasteiger partial charge in [0.15, 0.2) is 0 Å². The topological polar surface area (TPSA) is 31.2 Å². The third-order valence-corrected chi connectivity index (χ3v) is 4.79. The number of ether oxygens (including phenoxy) is 1. The molecule has 0 radical (unpaired) electrons. The molecule has 122 valence electrons. The van der Waals surface area contributed by atoms with Crippen LogP contribution >= 0.6 is 12.6 Å². The molecule has 4 rings (SSSR count). The molecule has 1 aromatic heterocycles. The molecule has 0 atom stereocenters. The standard InChI is InChI=1S/C20H19NO2S/c1-21-11-18(15-4-2-3-5-16(15)20(21)22)17-10-14(24)8-9-19(17)23-12-13-6-7-13/h2-5,8-11,13,24H,6-7,12H2,1H3. The molecule has 0 bridgehead atoms. The number of aromatic nitrogens is 1. The van der Waals surface area contributed by atoms with E-state index in [1.54, 1.807) is 11.6 Å². The minimum absolute atomic E-state index is 0.0110. The van der Waals surface area contributed by atoms with E-state index in [-0.39, 0.29) is 5.56 Å². The van der Waals surface area contributed by atoms with E-state index in [1.165, 1.54) is 12.8 Å². The van der Waals surface area contributed by atoms with Crippen LogP contribution in [0.15, 0.2) is 58.4 Å². The number of hydrogen-bond donors (Lipinski definition) is 1. The number of pyridine rings is 1. The molecule has 1 saturated carbocycles. The molecule has 2 aromatic carbocycles. The van der Waals surface area contributed by atoms with Crippen LogP contribution in [0.25, 0.3) is 21.9 Å². The summed E-state index contributed by atoms with van der Waals surface area (Å²) in [6, 6.07) is 13.6. The number of rotatable bonds is 4. The number of aryl methyl sites for hydroxylation is 1. The van der Waals surface area contributed by atoms with Crippen molar-refractivity contribution < 1.29 is 4.74 Å². The van der Waals surface area contributed by atoms with E-state index in [2.05, 4.69) is 12.6 Å². The van der Waals surface area contributed by atoms with Crippen LogP contribution in [0.4, 0.5) is 0 Å². The number of fused-ring (bicyclic) bond motifs is 1. The second-order valence-corrected chi connectivity index (χ2v) is 6.96. The fourth-order valence-electron chi connectivity index (χ4n) is 2.98. The highest BCUT2D eigenvalue weighted by Gasteiger charge is 2.23. The predicted octanol–water partition coefficient (Wildman–Crippen LogP) is 4.28. The minimum atomic E-state index is 0.0110. The first-order valence-corrected chi connectivity index (χ1v) is 8.63. The highest BCUT2D eigenvalue weighted by molar-refractivity contribution is 7.80. The summed E-state index contributed by atoms with van der Waals surface area (Å²) in [7, 11) is 1.79. The number of hydrogen-bond acceptors (Lipinski definition) is 3. The van der Waals surface area contributed by atoms with E-state index in [0.29, 0.717) is 5.92 Å². The molecule has 1 heterocycles. The maximum absolute atomic E-state index is 12.4. The van der Waals surface area contributed by atoms with Crippen LogP contribution in [0.1, 0.15) is 12.8 Å². The summed E-state index contributed by atoms with van der Waals surface area (Å²) in [5, 5.41) is 1.66. The van der Waals surface area contributed by atoms with Crippen molar-refractivity contribution in [3.8, 4) is 16.9 Å². The Kier molecular flexibility index (Phi) is 3.85. The number of benzene rings is 2. The van der Waals surface area contributed by atoms with Gasteiger partial charge in [-0.3, -0.25) is 4.79 Å². The van der Waals surface area contributed by atoms with Gasteiger partial charge in [-0.1, -0.05) is 18.2 Å². The zero-order valence-electron chi connectivity index (χ0n) is 13.5. The van der Waals surface area contributed by atoms with Crippen molar-refractivity contribution in [2.45, 2.75) is 17.7 Å². The molecule has 1 aliphatic rings. The molecule has 0 aliphatic heterocycles. The Morgan fingerprint density at radius 1 is 1.12 bits per heavy atom. The average molecular weight is 337 g/mol. The molecule has 0 N–H and O–H groups in total. The van der Waals surface area contributed by atoms with Crippen LogP contribution in [-0.4, -0.2) is 11.2 Å². The third kappa shape index (κ3) is 2.82. The van der Waals surface area contributed by atoms with E-state index in [4.69, 9.17) is 4.74 Å². The Hall–Kier alpha value is -2.20. The van der Waals surface area contributed by atoms with Crippen molar-refractivity contribution in [3.63, 3.8) is 0 Å². The average Bonchev–Trinajstić information content (AvgIpc) is 3.41. The second-order valence-electron chi connectivity index (χ2n) is 6.44. The Bertz CT molecular complexity index is 973. The molecular weight excluding hydrogens is 318 g/mol. The molecule has 0 amide bonds. The first-order valence-electron chi connectivity index (χ1n) is 8.18. The fourth-order valence-corrected chi connectivity index (χ4v) is 3.18. The van der Waals surface area contributed by atoms with Gasteiger partial charge in [0, 0.05) is 34.7 Å². The van der Waals surface area contributed by atoms with E-state index in [0.717, 1.165) is 39.2 Å². The van der Waals surface area contributed by atoms with Gasteiger partial charge in [0.05, 0.1) is 6.61 Å². The molecule has 0 spiro atoms. The monoisotopic (exact) mass is 337 g/mol. The lowest BCUT2D eigenvalue weighted by molar-refractivity contribution is 0.301. The lowest BCUT2D eigenvalue weighted by atomic mass is 10.00. The maximum atomic E-state index is 12.4. The molecule has 0 saturated heterocycles. The molecule has 3 nitrogen and oxygen atoms in total. The van der Waals surface area contributed by atoms with Crippen LogP contribution in [0, 0.1) is 5.92 Å². The summed E-state index contributed by atoms with van der Waals surface area (Å²) in [4.78, 5) is 13.3. The van der Waals surface area contributed by atoms with Gasteiger partial charge in [-0.15, -0.1) is 12.6 Å². The Morgan fingerprint density at radius 3 is 2.62 bits per heavy atom. The van der Waals surface area contributed by atoms with Crippen molar-refractivity contribution >= 4 is 23.4 Å². The van der Waals surface area contributed by atoms with Gasteiger partial charge < -0.3 is 9.30 Å². The van der Waals surface area contributed by atoms with Crippen molar-refractivity contribution in [1.82, 2.24) is 4.57 Å². The zero-order chi connectivity index (χ0) is 16.7. The normalized spacial score (nSPS) is 14.1. The minimum Gasteiger partial charge on any atom is -0.493 e. The predicted molar refractivity (Wildman–Crippen MR) is 100 cm³/mol. The molecule has 3 aromatic rings. The first kappa shape index (κ1) is 15.3. The van der Waals surface area contributed by atoms with E-state index in [9.17, 15) is 4.79 Å². The van der Waals surface area contributed by atoms with E-state index in [1.807, 2.05) is 48.7 Å². The van der Waals surface area contributed by atoms with Gasteiger partial charge in [0.1, 0.15) is 5.75 Å². The number of nitrogens with zero attached hydrogens (tertiary/aromatic N) is 1. The van der Waals surface area contributed by atoms with Gasteiger partial charge >= 0.3 is 0 Å². The summed E-state index contributed by atoms with van der Waals surface area (Å²) >= 11 is 4.49. The van der Waals surface area contributed by atoms with E-state index < -0.39 is 0 Å². The van der Waals surface area contributed by atoms with Crippen LogP contribution in [0.2, 0.25) is 0 Å². The zero-order valence-corrected chi connectivity index (χ0v) is 14.4. The summed E-state index contributed by atoms with van der Waals surface area (Å²) in [5.41, 5.74) is 1.99. The fraction of sp³-hybridized carbons (Fsp3) is 0.250. The van der Waals surface area contributed by atoms with Gasteiger partial charge in [-0.05, 0) is 48.4 Å². The van der Waals surface area contributed by atoms with Crippen LogP contribution in [0.3, 0.4) is 0 Å². The Balaban J connectivity index is 1.92. The van der Waals surface area contributed by atoms with Crippen molar-refractivity contribution in [1.29, 1.82) is 0 Å². The maximum Gasteiger partial charge on any atom is 0.258 e. The third-order valence-electron chi connectivity index (χ3n) is 4.52. The largest absolute Gasteiger partial charge is 0.493 e.